The van der Waals surface area contributed by atoms with Crippen molar-refractivity contribution in [1.29, 1.82) is 0 Å². The van der Waals surface area contributed by atoms with E-state index in [-0.39, 0.29) is 0 Å². The van der Waals surface area contributed by atoms with Crippen molar-refractivity contribution < 1.29 is 0 Å². The van der Waals surface area contributed by atoms with E-state index in [0.29, 0.717) is 0 Å². The summed E-state index contributed by atoms with van der Waals surface area (Å²) in [6.45, 7) is 5.66. The third-order valence-corrected chi connectivity index (χ3v) is 2.25. The molecule has 0 bridgehead atoms. The Morgan fingerprint density at radius 2 is 2.08 bits per heavy atom. The molecule has 1 rings (SSSR count). The van der Waals surface area contributed by atoms with Crippen LogP contribution in [0.25, 0.3) is 0 Å². The van der Waals surface area contributed by atoms with Crippen molar-refractivity contribution in [3.8, 4) is 12.3 Å². The molecule has 1 nitrogen and oxygen atoms in total. The molecule has 0 saturated carbocycles. The van der Waals surface area contributed by atoms with Gasteiger partial charge in [-0.2, -0.15) is 0 Å². The highest BCUT2D eigenvalue weighted by Gasteiger charge is 2.09. The van der Waals surface area contributed by atoms with E-state index in [0.717, 1.165) is 6.54 Å². The number of rotatable bonds is 2. The third-order valence-electron chi connectivity index (χ3n) is 2.25. The lowest BCUT2D eigenvalue weighted by molar-refractivity contribution is 0.246. The van der Waals surface area contributed by atoms with Gasteiger partial charge in [0.1, 0.15) is 0 Å². The van der Waals surface area contributed by atoms with Crippen LogP contribution in [-0.4, -0.2) is 24.5 Å². The summed E-state index contributed by atoms with van der Waals surface area (Å²) in [5, 5.41) is 0. The van der Waals surface area contributed by atoms with Crippen molar-refractivity contribution in [2.75, 3.05) is 19.6 Å². The molecule has 1 aliphatic rings. The van der Waals surface area contributed by atoms with Crippen molar-refractivity contribution in [2.24, 2.45) is 0 Å². The summed E-state index contributed by atoms with van der Waals surface area (Å²) in [6, 6.07) is 0. The molecular weight excluding hydrogens is 146 g/mol. The van der Waals surface area contributed by atoms with Gasteiger partial charge in [-0.25, -0.2) is 0 Å². The highest BCUT2D eigenvalue weighted by atomic mass is 15.1. The average Bonchev–Trinajstić information content (AvgIpc) is 2.06. The van der Waals surface area contributed by atoms with Crippen LogP contribution in [0.4, 0.5) is 0 Å². The Kier molecular flexibility index (Phi) is 3.90. The molecule has 0 aliphatic carbocycles. The van der Waals surface area contributed by atoms with Crippen LogP contribution in [0.5, 0.6) is 0 Å². The minimum Gasteiger partial charge on any atom is -0.299 e. The van der Waals surface area contributed by atoms with Gasteiger partial charge >= 0.3 is 0 Å². The number of nitrogens with zero attached hydrogens (tertiary/aromatic N) is 1. The second kappa shape index (κ2) is 5.00. The summed E-state index contributed by atoms with van der Waals surface area (Å²) in [6.07, 6.45) is 11.2. The fraction of sp³-hybridized carbons (Fsp3) is 0.636. The average molecular weight is 163 g/mol. The lowest BCUT2D eigenvalue weighted by Crippen LogP contribution is -2.31. The van der Waals surface area contributed by atoms with Gasteiger partial charge in [-0.15, -0.1) is 6.42 Å². The van der Waals surface area contributed by atoms with Gasteiger partial charge in [-0.05, 0) is 38.9 Å². The number of hydrogen-bond donors (Lipinski definition) is 0. The Bertz CT molecular complexity index is 192. The minimum atomic E-state index is 1.06. The predicted molar refractivity (Wildman–Crippen MR) is 52.9 cm³/mol. The molecule has 1 aliphatic heterocycles. The van der Waals surface area contributed by atoms with Gasteiger partial charge in [0.25, 0.3) is 0 Å². The summed E-state index contributed by atoms with van der Waals surface area (Å²) in [7, 11) is 0. The molecule has 0 aromatic carbocycles. The van der Waals surface area contributed by atoms with Gasteiger partial charge in [-0.1, -0.05) is 17.9 Å². The van der Waals surface area contributed by atoms with E-state index in [4.69, 9.17) is 6.42 Å². The second-order valence-electron chi connectivity index (χ2n) is 3.49. The fourth-order valence-corrected chi connectivity index (χ4v) is 1.66. The van der Waals surface area contributed by atoms with E-state index in [1.54, 1.807) is 0 Å². The molecular formula is C11H17N. The molecule has 66 valence electrons. The van der Waals surface area contributed by atoms with E-state index in [1.165, 1.54) is 37.9 Å². The molecule has 12 heavy (non-hydrogen) atoms. The van der Waals surface area contributed by atoms with Gasteiger partial charge < -0.3 is 0 Å². The SMILES string of the molecule is C#C/C=C(\C)CN1CCCCC1. The molecule has 0 spiro atoms. The first-order chi connectivity index (χ1) is 5.83. The number of piperidine rings is 1. The Morgan fingerprint density at radius 1 is 1.42 bits per heavy atom. The van der Waals surface area contributed by atoms with Crippen molar-refractivity contribution in [2.45, 2.75) is 26.2 Å². The van der Waals surface area contributed by atoms with Gasteiger partial charge in [0.05, 0.1) is 0 Å². The molecule has 0 atom stereocenters. The topological polar surface area (TPSA) is 3.24 Å². The highest BCUT2D eigenvalue weighted by molar-refractivity contribution is 5.16. The number of hydrogen-bond acceptors (Lipinski definition) is 1. The first kappa shape index (κ1) is 9.35. The molecule has 0 N–H and O–H groups in total. The van der Waals surface area contributed by atoms with E-state index in [9.17, 15) is 0 Å². The van der Waals surface area contributed by atoms with E-state index in [1.807, 2.05) is 6.08 Å². The quantitative estimate of drug-likeness (QED) is 0.563. The Labute approximate surface area is 75.5 Å². The van der Waals surface area contributed by atoms with Crippen LogP contribution in [0.3, 0.4) is 0 Å². The van der Waals surface area contributed by atoms with Gasteiger partial charge in [0.2, 0.25) is 0 Å². The van der Waals surface area contributed by atoms with Crippen LogP contribution in [0.15, 0.2) is 11.6 Å². The van der Waals surface area contributed by atoms with Crippen LogP contribution in [0.1, 0.15) is 26.2 Å². The molecule has 1 fully saturated rings. The largest absolute Gasteiger partial charge is 0.299 e. The third kappa shape index (κ3) is 3.11. The van der Waals surface area contributed by atoms with Crippen LogP contribution in [0.2, 0.25) is 0 Å². The van der Waals surface area contributed by atoms with Crippen molar-refractivity contribution >= 4 is 0 Å². The lowest BCUT2D eigenvalue weighted by atomic mass is 10.1. The van der Waals surface area contributed by atoms with Crippen LogP contribution in [-0.2, 0) is 0 Å². The number of terminal acetylenes is 1. The fourth-order valence-electron chi connectivity index (χ4n) is 1.66. The smallest absolute Gasteiger partial charge is 0.0199 e. The molecule has 0 unspecified atom stereocenters. The van der Waals surface area contributed by atoms with E-state index < -0.39 is 0 Å². The van der Waals surface area contributed by atoms with E-state index in [2.05, 4.69) is 17.7 Å². The first-order valence-corrected chi connectivity index (χ1v) is 4.67. The maximum absolute atomic E-state index is 5.19. The van der Waals surface area contributed by atoms with E-state index >= 15 is 0 Å². The standard InChI is InChI=1S/C11H17N/c1-3-7-11(2)10-12-8-5-4-6-9-12/h1,7H,4-6,8-10H2,2H3/b11-7+. The predicted octanol–water partition coefficient (Wildman–Crippen LogP) is 2.05. The Morgan fingerprint density at radius 3 is 2.67 bits per heavy atom. The molecule has 0 radical (unpaired) electrons. The number of likely N-dealkylation sites (tertiary alicyclic amines) is 1. The Balaban J connectivity index is 2.30. The van der Waals surface area contributed by atoms with Crippen molar-refractivity contribution in [3.63, 3.8) is 0 Å². The zero-order chi connectivity index (χ0) is 8.81. The van der Waals surface area contributed by atoms with Gasteiger partial charge in [-0.3, -0.25) is 4.90 Å². The summed E-state index contributed by atoms with van der Waals surface area (Å²) >= 11 is 0. The summed E-state index contributed by atoms with van der Waals surface area (Å²) in [5.74, 6) is 2.57. The second-order valence-corrected chi connectivity index (χ2v) is 3.49. The molecule has 1 heteroatoms. The van der Waals surface area contributed by atoms with Crippen LogP contribution in [0, 0.1) is 12.3 Å². The van der Waals surface area contributed by atoms with Crippen molar-refractivity contribution in [3.05, 3.63) is 11.6 Å². The zero-order valence-electron chi connectivity index (χ0n) is 7.84. The monoisotopic (exact) mass is 163 g/mol. The minimum absolute atomic E-state index is 1.06. The summed E-state index contributed by atoms with van der Waals surface area (Å²) < 4.78 is 0. The molecule has 1 saturated heterocycles. The highest BCUT2D eigenvalue weighted by Crippen LogP contribution is 2.09. The van der Waals surface area contributed by atoms with Gasteiger partial charge in [0, 0.05) is 6.54 Å². The zero-order valence-corrected chi connectivity index (χ0v) is 7.84. The molecule has 0 aromatic heterocycles. The maximum Gasteiger partial charge on any atom is 0.0199 e. The molecule has 0 amide bonds. The van der Waals surface area contributed by atoms with Gasteiger partial charge in [0.15, 0.2) is 0 Å². The van der Waals surface area contributed by atoms with Crippen molar-refractivity contribution in [1.82, 2.24) is 4.90 Å². The molecule has 1 heterocycles. The summed E-state index contributed by atoms with van der Waals surface area (Å²) in [4.78, 5) is 2.48. The Hall–Kier alpha value is -0.740. The first-order valence-electron chi connectivity index (χ1n) is 4.67. The maximum atomic E-state index is 5.19. The number of allylic oxidation sites excluding steroid dienone is 1. The lowest BCUT2D eigenvalue weighted by Gasteiger charge is -2.26. The summed E-state index contributed by atoms with van der Waals surface area (Å²) in [5.41, 5.74) is 1.31. The normalized spacial score (nSPS) is 20.5. The molecule has 0 aromatic rings. The van der Waals surface area contributed by atoms with Crippen LogP contribution >= 0.6 is 0 Å². The van der Waals surface area contributed by atoms with Crippen LogP contribution < -0.4 is 0 Å².